The summed E-state index contributed by atoms with van der Waals surface area (Å²) in [6.07, 6.45) is 3.95. The van der Waals surface area contributed by atoms with E-state index in [-0.39, 0.29) is 0 Å². The molecule has 3 nitrogen and oxygen atoms in total. The van der Waals surface area contributed by atoms with Gasteiger partial charge in [-0.25, -0.2) is 0 Å². The zero-order valence-corrected chi connectivity index (χ0v) is 11.5. The van der Waals surface area contributed by atoms with E-state index in [0.29, 0.717) is 18.3 Å². The van der Waals surface area contributed by atoms with Crippen molar-refractivity contribution in [2.24, 2.45) is 17.8 Å². The molecule has 100 valence electrons. The van der Waals surface area contributed by atoms with Crippen LogP contribution in [0.2, 0.25) is 0 Å². The van der Waals surface area contributed by atoms with Gasteiger partial charge in [-0.2, -0.15) is 0 Å². The van der Waals surface area contributed by atoms with Crippen LogP contribution in [0.4, 0.5) is 0 Å². The van der Waals surface area contributed by atoms with Gasteiger partial charge in [-0.05, 0) is 30.6 Å². The molecule has 1 atom stereocenters. The van der Waals surface area contributed by atoms with Gasteiger partial charge < -0.3 is 10.0 Å². The maximum atomic E-state index is 10.8. The van der Waals surface area contributed by atoms with Crippen LogP contribution in [0, 0.1) is 17.8 Å². The van der Waals surface area contributed by atoms with Crippen molar-refractivity contribution in [2.45, 2.75) is 46.5 Å². The number of hydrogen-bond acceptors (Lipinski definition) is 2. The molecule has 0 aliphatic carbocycles. The molecule has 1 aliphatic heterocycles. The third-order valence-corrected chi connectivity index (χ3v) is 3.51. The Bertz CT molecular complexity index is 234. The topological polar surface area (TPSA) is 40.5 Å². The van der Waals surface area contributed by atoms with Gasteiger partial charge in [-0.3, -0.25) is 4.79 Å². The number of carboxylic acids is 1. The van der Waals surface area contributed by atoms with Gasteiger partial charge in [0.1, 0.15) is 0 Å². The lowest BCUT2D eigenvalue weighted by molar-refractivity contribution is -0.138. The summed E-state index contributed by atoms with van der Waals surface area (Å²) in [6, 6.07) is 0. The summed E-state index contributed by atoms with van der Waals surface area (Å²) in [5.74, 6) is 1.13. The third kappa shape index (κ3) is 5.53. The molecular weight excluding hydrogens is 214 g/mol. The molecular formula is C14H27NO2. The van der Waals surface area contributed by atoms with E-state index in [9.17, 15) is 4.79 Å². The van der Waals surface area contributed by atoms with Gasteiger partial charge in [0.25, 0.3) is 0 Å². The summed E-state index contributed by atoms with van der Waals surface area (Å²) in [5.41, 5.74) is 0. The lowest BCUT2D eigenvalue weighted by atomic mass is 9.89. The second-order valence-corrected chi connectivity index (χ2v) is 5.97. The second kappa shape index (κ2) is 7.00. The van der Waals surface area contributed by atoms with E-state index in [2.05, 4.69) is 25.7 Å². The molecule has 0 aromatic rings. The normalized spacial score (nSPS) is 19.3. The largest absolute Gasteiger partial charge is 0.481 e. The SMILES string of the molecule is CCCC1CN(CC(CC(=O)O)CC(C)C)C1. The smallest absolute Gasteiger partial charge is 0.303 e. The Morgan fingerprint density at radius 2 is 2.06 bits per heavy atom. The van der Waals surface area contributed by atoms with E-state index in [4.69, 9.17) is 5.11 Å². The van der Waals surface area contributed by atoms with E-state index in [1.165, 1.54) is 25.9 Å². The van der Waals surface area contributed by atoms with Gasteiger partial charge in [0, 0.05) is 26.1 Å². The van der Waals surface area contributed by atoms with Crippen molar-refractivity contribution in [1.29, 1.82) is 0 Å². The zero-order valence-electron chi connectivity index (χ0n) is 11.5. The summed E-state index contributed by atoms with van der Waals surface area (Å²) in [7, 11) is 0. The molecule has 0 amide bonds. The standard InChI is InChI=1S/C14H27NO2/c1-4-5-12-8-15(9-12)10-13(6-11(2)3)7-14(16)17/h11-13H,4-10H2,1-3H3,(H,16,17). The number of carbonyl (C=O) groups is 1. The Kier molecular flexibility index (Phi) is 5.96. The molecule has 1 unspecified atom stereocenters. The van der Waals surface area contributed by atoms with Gasteiger partial charge >= 0.3 is 5.97 Å². The first-order valence-electron chi connectivity index (χ1n) is 6.95. The fourth-order valence-electron chi connectivity index (χ4n) is 2.92. The Morgan fingerprint density at radius 3 is 2.53 bits per heavy atom. The maximum absolute atomic E-state index is 10.8. The lowest BCUT2D eigenvalue weighted by Crippen LogP contribution is -2.48. The van der Waals surface area contributed by atoms with Crippen molar-refractivity contribution in [2.75, 3.05) is 19.6 Å². The van der Waals surface area contributed by atoms with Gasteiger partial charge in [0.15, 0.2) is 0 Å². The van der Waals surface area contributed by atoms with Crippen molar-refractivity contribution in [1.82, 2.24) is 4.90 Å². The Morgan fingerprint density at radius 1 is 1.41 bits per heavy atom. The first-order valence-corrected chi connectivity index (χ1v) is 6.95. The summed E-state index contributed by atoms with van der Waals surface area (Å²) in [6.45, 7) is 9.92. The number of rotatable bonds is 8. The molecule has 0 aromatic heterocycles. The van der Waals surface area contributed by atoms with Crippen LogP contribution in [0.1, 0.15) is 46.5 Å². The van der Waals surface area contributed by atoms with Crippen LogP contribution >= 0.6 is 0 Å². The van der Waals surface area contributed by atoms with E-state index in [1.54, 1.807) is 0 Å². The predicted molar refractivity (Wildman–Crippen MR) is 70.0 cm³/mol. The van der Waals surface area contributed by atoms with Crippen LogP contribution in [0.15, 0.2) is 0 Å². The van der Waals surface area contributed by atoms with Crippen LogP contribution in [0.3, 0.4) is 0 Å². The summed E-state index contributed by atoms with van der Waals surface area (Å²) < 4.78 is 0. The zero-order chi connectivity index (χ0) is 12.8. The van der Waals surface area contributed by atoms with Gasteiger partial charge in [-0.15, -0.1) is 0 Å². The van der Waals surface area contributed by atoms with Crippen molar-refractivity contribution >= 4 is 5.97 Å². The highest BCUT2D eigenvalue weighted by Gasteiger charge is 2.28. The minimum absolute atomic E-state index is 0.327. The number of carboxylic acid groups (broad SMARTS) is 1. The Balaban J connectivity index is 2.27. The Labute approximate surface area is 105 Å². The average molecular weight is 241 g/mol. The summed E-state index contributed by atoms with van der Waals surface area (Å²) >= 11 is 0. The quantitative estimate of drug-likeness (QED) is 0.710. The predicted octanol–water partition coefficient (Wildman–Crippen LogP) is 2.86. The minimum Gasteiger partial charge on any atom is -0.481 e. The highest BCUT2D eigenvalue weighted by molar-refractivity contribution is 5.67. The average Bonchev–Trinajstić information content (AvgIpc) is 2.12. The highest BCUT2D eigenvalue weighted by Crippen LogP contribution is 2.24. The molecule has 0 saturated carbocycles. The summed E-state index contributed by atoms with van der Waals surface area (Å²) in [5, 5.41) is 8.92. The second-order valence-electron chi connectivity index (χ2n) is 5.97. The van der Waals surface area contributed by atoms with E-state index in [0.717, 1.165) is 18.9 Å². The molecule has 0 radical (unpaired) electrons. The number of nitrogens with zero attached hydrogens (tertiary/aromatic N) is 1. The monoisotopic (exact) mass is 241 g/mol. The first-order chi connectivity index (χ1) is 8.01. The first kappa shape index (κ1) is 14.5. The third-order valence-electron chi connectivity index (χ3n) is 3.51. The van der Waals surface area contributed by atoms with Crippen molar-refractivity contribution in [3.05, 3.63) is 0 Å². The van der Waals surface area contributed by atoms with Gasteiger partial charge in [0.2, 0.25) is 0 Å². The van der Waals surface area contributed by atoms with Crippen LogP contribution in [0.5, 0.6) is 0 Å². The number of aliphatic carboxylic acids is 1. The lowest BCUT2D eigenvalue weighted by Gasteiger charge is -2.41. The van der Waals surface area contributed by atoms with Crippen LogP contribution < -0.4 is 0 Å². The molecule has 1 fully saturated rings. The molecule has 0 bridgehead atoms. The molecule has 3 heteroatoms. The molecule has 1 aliphatic rings. The molecule has 0 spiro atoms. The van der Waals surface area contributed by atoms with E-state index in [1.807, 2.05) is 0 Å². The maximum Gasteiger partial charge on any atom is 0.303 e. The number of hydrogen-bond donors (Lipinski definition) is 1. The van der Waals surface area contributed by atoms with Gasteiger partial charge in [0.05, 0.1) is 0 Å². The molecule has 0 aromatic carbocycles. The molecule has 1 heterocycles. The molecule has 17 heavy (non-hydrogen) atoms. The Hall–Kier alpha value is -0.570. The minimum atomic E-state index is -0.652. The van der Waals surface area contributed by atoms with Crippen molar-refractivity contribution < 1.29 is 9.90 Å². The van der Waals surface area contributed by atoms with Crippen molar-refractivity contribution in [3.63, 3.8) is 0 Å². The van der Waals surface area contributed by atoms with Gasteiger partial charge in [-0.1, -0.05) is 27.2 Å². The molecule has 1 N–H and O–H groups in total. The fraction of sp³-hybridized carbons (Fsp3) is 0.929. The van der Waals surface area contributed by atoms with Crippen LogP contribution in [0.25, 0.3) is 0 Å². The number of likely N-dealkylation sites (tertiary alicyclic amines) is 1. The molecule has 1 rings (SSSR count). The van der Waals surface area contributed by atoms with E-state index < -0.39 is 5.97 Å². The van der Waals surface area contributed by atoms with E-state index >= 15 is 0 Å². The van der Waals surface area contributed by atoms with Crippen LogP contribution in [-0.2, 0) is 4.79 Å². The summed E-state index contributed by atoms with van der Waals surface area (Å²) in [4.78, 5) is 13.3. The fourth-order valence-corrected chi connectivity index (χ4v) is 2.92. The molecule has 1 saturated heterocycles. The highest BCUT2D eigenvalue weighted by atomic mass is 16.4. The van der Waals surface area contributed by atoms with Crippen LogP contribution in [-0.4, -0.2) is 35.6 Å². The van der Waals surface area contributed by atoms with Crippen molar-refractivity contribution in [3.8, 4) is 0 Å².